The Kier molecular flexibility index (Phi) is 5.17. The monoisotopic (exact) mass is 369 g/mol. The molecule has 1 N–H and O–H groups in total. The number of hydrogen-bond acceptors (Lipinski definition) is 4. The predicted molar refractivity (Wildman–Crippen MR) is 101 cm³/mol. The number of aliphatic hydroxyl groups is 1. The van der Waals surface area contributed by atoms with E-state index in [1.165, 1.54) is 6.07 Å². The summed E-state index contributed by atoms with van der Waals surface area (Å²) in [6.45, 7) is 1.80. The maximum atomic E-state index is 12.8. The van der Waals surface area contributed by atoms with Gasteiger partial charge in [-0.25, -0.2) is 8.42 Å². The molecule has 0 atom stereocenters. The van der Waals surface area contributed by atoms with Crippen molar-refractivity contribution in [2.24, 2.45) is 5.92 Å². The number of hydrogen-bond donors (Lipinski definition) is 1. The lowest BCUT2D eigenvalue weighted by molar-refractivity contribution is 0.0108. The third-order valence-corrected chi connectivity index (χ3v) is 7.08. The Bertz CT molecular complexity index is 917. The molecule has 1 saturated carbocycles. The third kappa shape index (κ3) is 4.14. The van der Waals surface area contributed by atoms with Crippen LogP contribution in [0.2, 0.25) is 0 Å². The summed E-state index contributed by atoms with van der Waals surface area (Å²) in [5.74, 6) is 0.123. The second kappa shape index (κ2) is 7.22. The minimum atomic E-state index is -3.46. The van der Waals surface area contributed by atoms with Gasteiger partial charge in [0.1, 0.15) is 0 Å². The van der Waals surface area contributed by atoms with Crippen LogP contribution in [0.25, 0.3) is 11.1 Å². The SMILES string of the molecule is CC1(O)CCC(CS(=O)(=O)c2ccc(-c3ccccc3)c(C#N)c2)CC1. The van der Waals surface area contributed by atoms with Gasteiger partial charge in [0, 0.05) is 0 Å². The number of rotatable bonds is 4. The van der Waals surface area contributed by atoms with Crippen LogP contribution in [0.1, 0.15) is 38.2 Å². The van der Waals surface area contributed by atoms with Crippen molar-refractivity contribution < 1.29 is 13.5 Å². The lowest BCUT2D eigenvalue weighted by Gasteiger charge is -2.32. The average molecular weight is 369 g/mol. The van der Waals surface area contributed by atoms with Crippen LogP contribution in [0.5, 0.6) is 0 Å². The Labute approximate surface area is 155 Å². The van der Waals surface area contributed by atoms with Crippen LogP contribution < -0.4 is 0 Å². The van der Waals surface area contributed by atoms with E-state index in [2.05, 4.69) is 6.07 Å². The molecule has 0 aliphatic heterocycles. The van der Waals surface area contributed by atoms with Crippen LogP contribution in [0.15, 0.2) is 53.4 Å². The summed E-state index contributed by atoms with van der Waals surface area (Å²) in [5.41, 5.74) is 1.32. The van der Waals surface area contributed by atoms with E-state index in [9.17, 15) is 18.8 Å². The second-order valence-electron chi connectivity index (χ2n) is 7.41. The lowest BCUT2D eigenvalue weighted by atomic mass is 9.81. The molecular weight excluding hydrogens is 346 g/mol. The zero-order valence-electron chi connectivity index (χ0n) is 14.9. The van der Waals surface area contributed by atoms with Crippen LogP contribution in [-0.4, -0.2) is 24.9 Å². The predicted octanol–water partition coefficient (Wildman–Crippen LogP) is 3.94. The molecule has 136 valence electrons. The first-order valence-corrected chi connectivity index (χ1v) is 10.5. The standard InChI is InChI=1S/C21H23NO3S/c1-21(23)11-9-16(10-12-21)15-26(24,25)19-7-8-20(18(13-19)14-22)17-5-3-2-4-6-17/h2-8,13,16,23H,9-12,15H2,1H3. The van der Waals surface area contributed by atoms with Crippen molar-refractivity contribution in [3.8, 4) is 17.2 Å². The second-order valence-corrected chi connectivity index (χ2v) is 9.44. The van der Waals surface area contributed by atoms with Gasteiger partial charge < -0.3 is 5.11 Å². The van der Waals surface area contributed by atoms with Crippen molar-refractivity contribution in [1.82, 2.24) is 0 Å². The van der Waals surface area contributed by atoms with Gasteiger partial charge in [0.05, 0.1) is 27.9 Å². The van der Waals surface area contributed by atoms with Crippen LogP contribution in [0, 0.1) is 17.2 Å². The van der Waals surface area contributed by atoms with Gasteiger partial charge >= 0.3 is 0 Å². The van der Waals surface area contributed by atoms with Crippen LogP contribution in [-0.2, 0) is 9.84 Å². The van der Waals surface area contributed by atoms with E-state index in [4.69, 9.17) is 0 Å². The van der Waals surface area contributed by atoms with Gasteiger partial charge in [0.2, 0.25) is 0 Å². The van der Waals surface area contributed by atoms with Crippen molar-refractivity contribution in [3.05, 3.63) is 54.1 Å². The molecule has 2 aromatic rings. The molecule has 5 heteroatoms. The molecule has 0 bridgehead atoms. The van der Waals surface area contributed by atoms with E-state index in [0.29, 0.717) is 31.2 Å². The zero-order chi connectivity index (χ0) is 18.8. The van der Waals surface area contributed by atoms with Crippen molar-refractivity contribution in [2.75, 3.05) is 5.75 Å². The molecule has 0 aromatic heterocycles. The largest absolute Gasteiger partial charge is 0.390 e. The quantitative estimate of drug-likeness (QED) is 0.885. The summed E-state index contributed by atoms with van der Waals surface area (Å²) >= 11 is 0. The Morgan fingerprint density at radius 3 is 2.42 bits per heavy atom. The minimum Gasteiger partial charge on any atom is -0.390 e. The van der Waals surface area contributed by atoms with Gasteiger partial charge in [-0.1, -0.05) is 36.4 Å². The average Bonchev–Trinajstić information content (AvgIpc) is 2.63. The molecule has 26 heavy (non-hydrogen) atoms. The third-order valence-electron chi connectivity index (χ3n) is 5.19. The van der Waals surface area contributed by atoms with Crippen molar-refractivity contribution in [3.63, 3.8) is 0 Å². The number of nitrogens with zero attached hydrogens (tertiary/aromatic N) is 1. The van der Waals surface area contributed by atoms with Crippen LogP contribution >= 0.6 is 0 Å². The van der Waals surface area contributed by atoms with Gasteiger partial charge in [0.25, 0.3) is 0 Å². The molecule has 0 spiro atoms. The number of benzene rings is 2. The molecule has 0 saturated heterocycles. The fourth-order valence-electron chi connectivity index (χ4n) is 3.55. The van der Waals surface area contributed by atoms with E-state index in [1.54, 1.807) is 19.1 Å². The zero-order valence-corrected chi connectivity index (χ0v) is 15.7. The minimum absolute atomic E-state index is 0.0551. The highest BCUT2D eigenvalue weighted by molar-refractivity contribution is 7.91. The molecule has 1 fully saturated rings. The highest BCUT2D eigenvalue weighted by atomic mass is 32.2. The van der Waals surface area contributed by atoms with E-state index >= 15 is 0 Å². The summed E-state index contributed by atoms with van der Waals surface area (Å²) in [5, 5.41) is 19.5. The maximum absolute atomic E-state index is 12.8. The summed E-state index contributed by atoms with van der Waals surface area (Å²) in [4.78, 5) is 0.200. The number of sulfone groups is 1. The maximum Gasteiger partial charge on any atom is 0.178 e. The Balaban J connectivity index is 1.84. The summed E-state index contributed by atoms with van der Waals surface area (Å²) in [7, 11) is -3.46. The summed E-state index contributed by atoms with van der Waals surface area (Å²) in [6, 6.07) is 16.4. The van der Waals surface area contributed by atoms with Crippen LogP contribution in [0.3, 0.4) is 0 Å². The van der Waals surface area contributed by atoms with Gasteiger partial charge in [-0.3, -0.25) is 0 Å². The smallest absolute Gasteiger partial charge is 0.178 e. The van der Waals surface area contributed by atoms with E-state index < -0.39 is 15.4 Å². The number of nitriles is 1. The first-order chi connectivity index (χ1) is 12.3. The fourth-order valence-corrected chi connectivity index (χ4v) is 5.27. The summed E-state index contributed by atoms with van der Waals surface area (Å²) < 4.78 is 25.6. The molecule has 2 aromatic carbocycles. The molecule has 0 radical (unpaired) electrons. The topological polar surface area (TPSA) is 78.2 Å². The molecule has 4 nitrogen and oxygen atoms in total. The highest BCUT2D eigenvalue weighted by Gasteiger charge is 2.31. The Hall–Kier alpha value is -2.16. The van der Waals surface area contributed by atoms with Crippen molar-refractivity contribution in [2.45, 2.75) is 43.1 Å². The molecule has 0 unspecified atom stereocenters. The first kappa shape index (κ1) is 18.6. The molecule has 1 aliphatic carbocycles. The molecule has 0 amide bonds. The molecule has 3 rings (SSSR count). The van der Waals surface area contributed by atoms with Gasteiger partial charge in [-0.15, -0.1) is 0 Å². The Morgan fingerprint density at radius 2 is 1.81 bits per heavy atom. The van der Waals surface area contributed by atoms with Crippen molar-refractivity contribution in [1.29, 1.82) is 5.26 Å². The lowest BCUT2D eigenvalue weighted by Crippen LogP contribution is -2.32. The fraction of sp³-hybridized carbons (Fsp3) is 0.381. The van der Waals surface area contributed by atoms with Gasteiger partial charge in [-0.2, -0.15) is 5.26 Å². The highest BCUT2D eigenvalue weighted by Crippen LogP contribution is 2.34. The van der Waals surface area contributed by atoms with Crippen LogP contribution in [0.4, 0.5) is 0 Å². The summed E-state index contributed by atoms with van der Waals surface area (Å²) in [6.07, 6.45) is 2.67. The van der Waals surface area contributed by atoms with Gasteiger partial charge in [0.15, 0.2) is 9.84 Å². The van der Waals surface area contributed by atoms with E-state index in [-0.39, 0.29) is 16.6 Å². The molecule has 0 heterocycles. The van der Waals surface area contributed by atoms with Gasteiger partial charge in [-0.05, 0) is 61.8 Å². The molecular formula is C21H23NO3S. The first-order valence-electron chi connectivity index (χ1n) is 8.85. The normalized spacial score (nSPS) is 23.3. The molecule has 1 aliphatic rings. The van der Waals surface area contributed by atoms with Crippen molar-refractivity contribution >= 4 is 9.84 Å². The Morgan fingerprint density at radius 1 is 1.15 bits per heavy atom. The van der Waals surface area contributed by atoms with E-state index in [1.807, 2.05) is 30.3 Å². The van der Waals surface area contributed by atoms with E-state index in [0.717, 1.165) is 11.1 Å².